The highest BCUT2D eigenvalue weighted by Crippen LogP contribution is 2.51. The molecule has 0 aromatic heterocycles. The van der Waals surface area contributed by atoms with Gasteiger partial charge in [-0.25, -0.2) is 10.3 Å². The second-order valence-corrected chi connectivity index (χ2v) is 5.40. The molecule has 2 aromatic rings. The summed E-state index contributed by atoms with van der Waals surface area (Å²) in [5.41, 5.74) is 2.20. The van der Waals surface area contributed by atoms with Gasteiger partial charge in [-0.15, -0.1) is 0 Å². The molecule has 1 heterocycles. The predicted octanol–water partition coefficient (Wildman–Crippen LogP) is 1.45. The molecule has 5 N–H and O–H groups in total. The van der Waals surface area contributed by atoms with Crippen molar-refractivity contribution in [2.75, 3.05) is 0 Å². The van der Waals surface area contributed by atoms with Gasteiger partial charge >= 0.3 is 0 Å². The fourth-order valence-corrected chi connectivity index (χ4v) is 2.42. The number of phenolic OH excluding ortho intramolecular Hbond substituents is 3. The third kappa shape index (κ3) is 2.95. The number of hydrogen-bond donors (Lipinski definition) is 5. The van der Waals surface area contributed by atoms with Crippen LogP contribution in [0.25, 0.3) is 5.76 Å². The van der Waals surface area contributed by atoms with E-state index in [1.807, 2.05) is 5.48 Å². The van der Waals surface area contributed by atoms with Gasteiger partial charge in [-0.05, 0) is 0 Å². The number of aliphatic hydroxyl groups is 1. The van der Waals surface area contributed by atoms with Gasteiger partial charge in [0.05, 0.1) is 0 Å². The van der Waals surface area contributed by atoms with Crippen LogP contribution in [0.4, 0.5) is 0 Å². The summed E-state index contributed by atoms with van der Waals surface area (Å²) in [4.78, 5) is 16.2. The quantitative estimate of drug-likeness (QED) is 0.323. The summed E-state index contributed by atoms with van der Waals surface area (Å²) in [7, 11) is 0. The monoisotopic (exact) mass is 345 g/mol. The van der Waals surface area contributed by atoms with Crippen molar-refractivity contribution in [1.82, 2.24) is 5.48 Å². The van der Waals surface area contributed by atoms with Crippen LogP contribution in [0.15, 0.2) is 42.5 Å². The Morgan fingerprint density at radius 1 is 1.16 bits per heavy atom. The van der Waals surface area contributed by atoms with Gasteiger partial charge in [-0.2, -0.15) is 0 Å². The van der Waals surface area contributed by atoms with E-state index in [2.05, 4.69) is 0 Å². The van der Waals surface area contributed by atoms with Crippen molar-refractivity contribution < 1.29 is 34.8 Å². The first-order chi connectivity index (χ1) is 11.8. The summed E-state index contributed by atoms with van der Waals surface area (Å²) in [6.07, 6.45) is 1.12. The van der Waals surface area contributed by atoms with Gasteiger partial charge in [0, 0.05) is 24.6 Å². The summed E-state index contributed by atoms with van der Waals surface area (Å²) in [6.45, 7) is 1.17. The number of carbonyl (C=O) groups excluding carboxylic acids is 1. The Morgan fingerprint density at radius 2 is 1.84 bits per heavy atom. The summed E-state index contributed by atoms with van der Waals surface area (Å²) in [6, 6.07) is 9.70. The van der Waals surface area contributed by atoms with Crippen LogP contribution < -0.4 is 10.2 Å². The Hall–Kier alpha value is -3.23. The molecule has 0 bridgehead atoms. The molecule has 2 aromatic carbocycles. The van der Waals surface area contributed by atoms with Crippen LogP contribution in [0.1, 0.15) is 18.1 Å². The number of hydrogen-bond acceptors (Lipinski definition) is 7. The molecule has 1 unspecified atom stereocenters. The van der Waals surface area contributed by atoms with E-state index in [0.29, 0.717) is 5.56 Å². The van der Waals surface area contributed by atoms with E-state index in [1.54, 1.807) is 30.3 Å². The number of benzene rings is 2. The highest BCUT2D eigenvalue weighted by molar-refractivity contribution is 5.73. The zero-order valence-electron chi connectivity index (χ0n) is 13.1. The van der Waals surface area contributed by atoms with Crippen molar-refractivity contribution >= 4 is 11.7 Å². The predicted molar refractivity (Wildman–Crippen MR) is 85.3 cm³/mol. The minimum absolute atomic E-state index is 0.151. The number of hydroxylamine groups is 1. The maximum atomic E-state index is 11.1. The molecule has 1 aliphatic heterocycles. The molecule has 1 aliphatic rings. The van der Waals surface area contributed by atoms with E-state index in [1.165, 1.54) is 6.92 Å². The van der Waals surface area contributed by atoms with Crippen LogP contribution in [0.2, 0.25) is 0 Å². The van der Waals surface area contributed by atoms with Crippen LogP contribution in [0.5, 0.6) is 23.0 Å². The standard InChI is InChI=1S/C17H15NO7/c1-9(19)18-25-17(23)8-13(10-5-3-2-4-6-10)24-12-7-11(20)15(21)16(22)14(12)17/h2-8,20-23H,1H3,(H,18,19). The molecule has 0 radical (unpaired) electrons. The summed E-state index contributed by atoms with van der Waals surface area (Å²) in [5, 5.41) is 40.4. The Labute approximate surface area is 142 Å². The summed E-state index contributed by atoms with van der Waals surface area (Å²) < 4.78 is 5.61. The second-order valence-electron chi connectivity index (χ2n) is 5.40. The van der Waals surface area contributed by atoms with Crippen molar-refractivity contribution in [3.8, 4) is 23.0 Å². The van der Waals surface area contributed by atoms with Gasteiger partial charge in [0.2, 0.25) is 17.4 Å². The summed E-state index contributed by atoms with van der Waals surface area (Å²) in [5.74, 6) is -5.28. The van der Waals surface area contributed by atoms with Crippen molar-refractivity contribution in [2.24, 2.45) is 0 Å². The first-order valence-corrected chi connectivity index (χ1v) is 7.23. The normalized spacial score (nSPS) is 18.7. The molecule has 25 heavy (non-hydrogen) atoms. The van der Waals surface area contributed by atoms with Crippen LogP contribution in [-0.2, 0) is 15.4 Å². The number of nitrogens with one attached hydrogen (secondary N) is 1. The van der Waals surface area contributed by atoms with Crippen molar-refractivity contribution in [1.29, 1.82) is 0 Å². The topological polar surface area (TPSA) is 128 Å². The van der Waals surface area contributed by atoms with E-state index in [-0.39, 0.29) is 17.1 Å². The lowest BCUT2D eigenvalue weighted by molar-refractivity contribution is -0.218. The zero-order valence-corrected chi connectivity index (χ0v) is 13.1. The van der Waals surface area contributed by atoms with Gasteiger partial charge in [0.25, 0.3) is 0 Å². The lowest BCUT2D eigenvalue weighted by Crippen LogP contribution is -2.38. The van der Waals surface area contributed by atoms with Gasteiger partial charge in [0.15, 0.2) is 11.5 Å². The maximum absolute atomic E-state index is 11.1. The van der Waals surface area contributed by atoms with Crippen molar-refractivity contribution in [3.63, 3.8) is 0 Å². The van der Waals surface area contributed by atoms with E-state index in [9.17, 15) is 25.2 Å². The smallest absolute Gasteiger partial charge is 0.248 e. The molecule has 1 atom stereocenters. The average molecular weight is 345 g/mol. The lowest BCUT2D eigenvalue weighted by Gasteiger charge is -2.32. The third-order valence-electron chi connectivity index (χ3n) is 3.53. The SMILES string of the molecule is CC(=O)NOC1(O)C=C(c2ccccc2)Oc2cc(O)c(O)c(O)c21. The second kappa shape index (κ2) is 6.00. The molecule has 0 aliphatic carbocycles. The lowest BCUT2D eigenvalue weighted by atomic mass is 9.97. The molecule has 8 heteroatoms. The highest BCUT2D eigenvalue weighted by atomic mass is 16.7. The minimum atomic E-state index is -2.35. The fraction of sp³-hybridized carbons (Fsp3) is 0.118. The average Bonchev–Trinajstić information content (AvgIpc) is 2.58. The number of rotatable bonds is 3. The first-order valence-electron chi connectivity index (χ1n) is 7.23. The molecule has 3 rings (SSSR count). The van der Waals surface area contributed by atoms with E-state index in [4.69, 9.17) is 9.57 Å². The van der Waals surface area contributed by atoms with E-state index < -0.39 is 28.9 Å². The molecule has 0 saturated carbocycles. The number of fused-ring (bicyclic) bond motifs is 1. The largest absolute Gasteiger partial charge is 0.504 e. The van der Waals surface area contributed by atoms with Crippen LogP contribution in [0.3, 0.4) is 0 Å². The molecule has 8 nitrogen and oxygen atoms in total. The van der Waals surface area contributed by atoms with Crippen molar-refractivity contribution in [2.45, 2.75) is 12.7 Å². The Bertz CT molecular complexity index is 863. The minimum Gasteiger partial charge on any atom is -0.504 e. The van der Waals surface area contributed by atoms with Crippen LogP contribution in [0, 0.1) is 0 Å². The summed E-state index contributed by atoms with van der Waals surface area (Å²) >= 11 is 0. The molecular formula is C17H15NO7. The van der Waals surface area contributed by atoms with Crippen LogP contribution in [-0.4, -0.2) is 26.3 Å². The van der Waals surface area contributed by atoms with Gasteiger partial charge in [-0.3, -0.25) is 4.79 Å². The van der Waals surface area contributed by atoms with E-state index >= 15 is 0 Å². The van der Waals surface area contributed by atoms with Gasteiger partial charge < -0.3 is 25.2 Å². The first kappa shape index (κ1) is 16.6. The number of aromatic hydroxyl groups is 3. The fourth-order valence-electron chi connectivity index (χ4n) is 2.42. The number of phenols is 3. The molecule has 0 fully saturated rings. The highest BCUT2D eigenvalue weighted by Gasteiger charge is 2.42. The van der Waals surface area contributed by atoms with Crippen molar-refractivity contribution in [3.05, 3.63) is 53.6 Å². The van der Waals surface area contributed by atoms with Gasteiger partial charge in [0.1, 0.15) is 17.1 Å². The number of amides is 1. The maximum Gasteiger partial charge on any atom is 0.248 e. The number of ether oxygens (including phenoxy) is 1. The molecule has 1 amide bonds. The Balaban J connectivity index is 2.17. The van der Waals surface area contributed by atoms with E-state index in [0.717, 1.165) is 12.1 Å². The molecule has 0 saturated heterocycles. The third-order valence-corrected chi connectivity index (χ3v) is 3.53. The molecule has 0 spiro atoms. The Kier molecular flexibility index (Phi) is 3.99. The number of carbonyl (C=O) groups is 1. The zero-order chi connectivity index (χ0) is 18.2. The van der Waals surface area contributed by atoms with Crippen LogP contribution >= 0.6 is 0 Å². The molecule has 130 valence electrons. The molecular weight excluding hydrogens is 330 g/mol. The Morgan fingerprint density at radius 3 is 2.48 bits per heavy atom. The van der Waals surface area contributed by atoms with Gasteiger partial charge in [-0.1, -0.05) is 30.3 Å².